The average molecular weight is 222 g/mol. The minimum atomic E-state index is -0.546. The van der Waals surface area contributed by atoms with E-state index in [1.54, 1.807) is 12.1 Å². The minimum absolute atomic E-state index is 0.0602. The third kappa shape index (κ3) is 2.58. The molecular weight excluding hydrogens is 208 g/mol. The molecule has 0 saturated heterocycles. The third-order valence-corrected chi connectivity index (χ3v) is 2.08. The molecule has 1 rings (SSSR count). The molecule has 0 heterocycles. The van der Waals surface area contributed by atoms with E-state index in [-0.39, 0.29) is 5.78 Å². The van der Waals surface area contributed by atoms with Crippen molar-refractivity contribution in [1.29, 1.82) is 0 Å². The van der Waals surface area contributed by atoms with Crippen LogP contribution in [0.2, 0.25) is 0 Å². The molecule has 0 saturated carbocycles. The number of hydroxylamine groups is 1. The summed E-state index contributed by atoms with van der Waals surface area (Å²) in [4.78, 5) is 23.7. The first-order chi connectivity index (χ1) is 7.43. The summed E-state index contributed by atoms with van der Waals surface area (Å²) in [6.07, 6.45) is 0. The molecule has 5 nitrogen and oxygen atoms in total. The summed E-state index contributed by atoms with van der Waals surface area (Å²) in [6, 6.07) is 5.60. The molecule has 0 aromatic heterocycles. The van der Waals surface area contributed by atoms with Gasteiger partial charge in [-0.2, -0.15) is 5.06 Å². The highest BCUT2D eigenvalue weighted by molar-refractivity contribution is 5.95. The van der Waals surface area contributed by atoms with Crippen molar-refractivity contribution in [2.75, 3.05) is 19.2 Å². The lowest BCUT2D eigenvalue weighted by atomic mass is 10.1. The molecule has 5 heteroatoms. The van der Waals surface area contributed by atoms with Crippen molar-refractivity contribution < 1.29 is 14.8 Å². The zero-order valence-electron chi connectivity index (χ0n) is 9.47. The molecular formula is C11H14N2O3. The van der Waals surface area contributed by atoms with Crippen LogP contribution in [0.5, 0.6) is 0 Å². The number of urea groups is 1. The smallest absolute Gasteiger partial charge is 0.329 e. The number of hydrogen-bond acceptors (Lipinski definition) is 3. The number of rotatable bonds is 2. The summed E-state index contributed by atoms with van der Waals surface area (Å²) in [7, 11) is 3.07. The van der Waals surface area contributed by atoms with Crippen LogP contribution in [0, 0.1) is 0 Å². The lowest BCUT2D eigenvalue weighted by Crippen LogP contribution is -2.36. The predicted molar refractivity (Wildman–Crippen MR) is 59.8 cm³/mol. The Hall–Kier alpha value is -1.88. The summed E-state index contributed by atoms with van der Waals surface area (Å²) in [5.74, 6) is -0.0602. The Bertz CT molecular complexity index is 398. The summed E-state index contributed by atoms with van der Waals surface area (Å²) in [6.45, 7) is 1.46. The van der Waals surface area contributed by atoms with Gasteiger partial charge in [-0.3, -0.25) is 10.0 Å². The number of benzene rings is 1. The molecule has 2 amide bonds. The molecule has 1 aromatic carbocycles. The number of carbonyl (C=O) groups is 2. The minimum Gasteiger partial charge on any atom is -0.329 e. The fraction of sp³-hybridized carbons (Fsp3) is 0.273. The van der Waals surface area contributed by atoms with Crippen molar-refractivity contribution in [2.45, 2.75) is 6.92 Å². The highest BCUT2D eigenvalue weighted by atomic mass is 16.5. The van der Waals surface area contributed by atoms with E-state index < -0.39 is 6.03 Å². The van der Waals surface area contributed by atoms with E-state index in [1.165, 1.54) is 38.1 Å². The molecule has 0 aliphatic rings. The Morgan fingerprint density at radius 1 is 1.12 bits per heavy atom. The Morgan fingerprint density at radius 2 is 1.62 bits per heavy atom. The van der Waals surface area contributed by atoms with E-state index in [4.69, 9.17) is 0 Å². The van der Waals surface area contributed by atoms with Crippen LogP contribution in [0.25, 0.3) is 0 Å². The van der Waals surface area contributed by atoms with Gasteiger partial charge < -0.3 is 4.90 Å². The first kappa shape index (κ1) is 12.2. The van der Waals surface area contributed by atoms with E-state index in [2.05, 4.69) is 0 Å². The van der Waals surface area contributed by atoms with E-state index in [1.807, 2.05) is 0 Å². The predicted octanol–water partition coefficient (Wildman–Crippen LogP) is 1.77. The normalized spacial score (nSPS) is 9.75. The zero-order valence-corrected chi connectivity index (χ0v) is 9.47. The number of nitrogens with zero attached hydrogens (tertiary/aromatic N) is 2. The Morgan fingerprint density at radius 3 is 2.00 bits per heavy atom. The maximum absolute atomic E-state index is 11.4. The van der Waals surface area contributed by atoms with Crippen LogP contribution < -0.4 is 5.06 Å². The SMILES string of the molecule is CC(=O)c1ccc(N(O)C(=O)N(C)C)cc1. The van der Waals surface area contributed by atoms with Crippen LogP contribution in [-0.4, -0.2) is 36.0 Å². The molecule has 0 aliphatic heterocycles. The van der Waals surface area contributed by atoms with Crippen molar-refractivity contribution in [1.82, 2.24) is 4.90 Å². The molecule has 0 atom stereocenters. The van der Waals surface area contributed by atoms with Gasteiger partial charge in [-0.05, 0) is 31.2 Å². The maximum Gasteiger partial charge on any atom is 0.348 e. The van der Waals surface area contributed by atoms with Crippen molar-refractivity contribution in [3.8, 4) is 0 Å². The van der Waals surface area contributed by atoms with Gasteiger partial charge in [0, 0.05) is 19.7 Å². The van der Waals surface area contributed by atoms with Gasteiger partial charge in [-0.25, -0.2) is 4.79 Å². The summed E-state index contributed by atoms with van der Waals surface area (Å²) < 4.78 is 0. The average Bonchev–Trinajstić information content (AvgIpc) is 2.27. The van der Waals surface area contributed by atoms with Gasteiger partial charge in [0.15, 0.2) is 5.78 Å². The number of ketones is 1. The second kappa shape index (κ2) is 4.76. The van der Waals surface area contributed by atoms with E-state index in [0.29, 0.717) is 16.3 Å². The Kier molecular flexibility index (Phi) is 3.63. The number of amides is 2. The number of Topliss-reactive ketones (excluding diaryl/α,β-unsaturated/α-hetero) is 1. The summed E-state index contributed by atoms with van der Waals surface area (Å²) in [5, 5.41) is 10.1. The fourth-order valence-electron chi connectivity index (χ4n) is 1.14. The molecule has 86 valence electrons. The zero-order chi connectivity index (χ0) is 12.3. The molecule has 0 unspecified atom stereocenters. The largest absolute Gasteiger partial charge is 0.348 e. The molecule has 0 bridgehead atoms. The van der Waals surface area contributed by atoms with E-state index in [0.717, 1.165) is 0 Å². The highest BCUT2D eigenvalue weighted by Gasteiger charge is 2.14. The summed E-state index contributed by atoms with van der Waals surface area (Å²) >= 11 is 0. The lowest BCUT2D eigenvalue weighted by molar-refractivity contribution is 0.101. The van der Waals surface area contributed by atoms with Crippen LogP contribution in [0.4, 0.5) is 10.5 Å². The van der Waals surface area contributed by atoms with E-state index >= 15 is 0 Å². The van der Waals surface area contributed by atoms with Gasteiger partial charge in [0.05, 0.1) is 5.69 Å². The van der Waals surface area contributed by atoms with Crippen LogP contribution in [0.15, 0.2) is 24.3 Å². The highest BCUT2D eigenvalue weighted by Crippen LogP contribution is 2.14. The first-order valence-electron chi connectivity index (χ1n) is 4.74. The molecule has 0 radical (unpaired) electrons. The van der Waals surface area contributed by atoms with Crippen LogP contribution >= 0.6 is 0 Å². The third-order valence-electron chi connectivity index (χ3n) is 2.08. The standard InChI is InChI=1S/C11H14N2O3/c1-8(14)9-4-6-10(7-5-9)13(16)11(15)12(2)3/h4-7,16H,1-3H3. The number of carbonyl (C=O) groups excluding carboxylic acids is 2. The molecule has 0 aliphatic carbocycles. The van der Waals surface area contributed by atoms with Gasteiger partial charge >= 0.3 is 6.03 Å². The van der Waals surface area contributed by atoms with Crippen LogP contribution in [0.1, 0.15) is 17.3 Å². The monoisotopic (exact) mass is 222 g/mol. The molecule has 16 heavy (non-hydrogen) atoms. The number of anilines is 1. The van der Waals surface area contributed by atoms with Crippen molar-refractivity contribution >= 4 is 17.5 Å². The topological polar surface area (TPSA) is 60.9 Å². The van der Waals surface area contributed by atoms with Crippen molar-refractivity contribution in [3.63, 3.8) is 0 Å². The first-order valence-corrected chi connectivity index (χ1v) is 4.74. The fourth-order valence-corrected chi connectivity index (χ4v) is 1.14. The maximum atomic E-state index is 11.4. The van der Waals surface area contributed by atoms with Gasteiger partial charge in [0.25, 0.3) is 0 Å². The van der Waals surface area contributed by atoms with Gasteiger partial charge in [-0.15, -0.1) is 0 Å². The lowest BCUT2D eigenvalue weighted by Gasteiger charge is -2.19. The van der Waals surface area contributed by atoms with Gasteiger partial charge in [0.1, 0.15) is 0 Å². The molecule has 1 aromatic rings. The van der Waals surface area contributed by atoms with Crippen LogP contribution in [-0.2, 0) is 0 Å². The van der Waals surface area contributed by atoms with Gasteiger partial charge in [0.2, 0.25) is 0 Å². The Balaban J connectivity index is 2.89. The number of hydrogen-bond donors (Lipinski definition) is 1. The second-order valence-corrected chi connectivity index (χ2v) is 3.59. The van der Waals surface area contributed by atoms with E-state index in [9.17, 15) is 14.8 Å². The van der Waals surface area contributed by atoms with Crippen molar-refractivity contribution in [2.24, 2.45) is 0 Å². The second-order valence-electron chi connectivity index (χ2n) is 3.59. The van der Waals surface area contributed by atoms with Gasteiger partial charge in [-0.1, -0.05) is 0 Å². The molecule has 0 fully saturated rings. The quantitative estimate of drug-likeness (QED) is 0.471. The Labute approximate surface area is 93.8 Å². The molecule has 0 spiro atoms. The van der Waals surface area contributed by atoms with Crippen LogP contribution in [0.3, 0.4) is 0 Å². The summed E-state index contributed by atoms with van der Waals surface area (Å²) in [5.41, 5.74) is 0.859. The van der Waals surface area contributed by atoms with Crippen molar-refractivity contribution in [3.05, 3.63) is 29.8 Å². The molecule has 1 N–H and O–H groups in total.